The summed E-state index contributed by atoms with van der Waals surface area (Å²) in [5.41, 5.74) is 1.06. The first-order valence-electron chi connectivity index (χ1n) is 9.45. The maximum absolute atomic E-state index is 13.5. The van der Waals surface area contributed by atoms with E-state index in [0.717, 1.165) is 43.9 Å². The van der Waals surface area contributed by atoms with Crippen LogP contribution in [-0.2, 0) is 10.2 Å². The molecule has 2 N–H and O–H groups in total. The summed E-state index contributed by atoms with van der Waals surface area (Å²) in [4.78, 5) is 18.4. The van der Waals surface area contributed by atoms with E-state index in [9.17, 15) is 9.18 Å². The zero-order chi connectivity index (χ0) is 18.7. The lowest BCUT2D eigenvalue weighted by molar-refractivity contribution is -0.133. The molecule has 1 saturated carbocycles. The molecule has 3 rings (SSSR count). The van der Waals surface area contributed by atoms with Gasteiger partial charge in [0.05, 0.1) is 0 Å². The maximum Gasteiger partial charge on any atom is 0.225 e. The summed E-state index contributed by atoms with van der Waals surface area (Å²) in [7, 11) is 1.75. The van der Waals surface area contributed by atoms with Crippen LogP contribution in [0.1, 0.15) is 38.7 Å². The van der Waals surface area contributed by atoms with E-state index >= 15 is 0 Å². The maximum atomic E-state index is 13.5. The fourth-order valence-electron chi connectivity index (χ4n) is 3.62. The molecule has 1 saturated heterocycles. The van der Waals surface area contributed by atoms with Crippen LogP contribution in [0.25, 0.3) is 0 Å². The van der Waals surface area contributed by atoms with Crippen LogP contribution in [0.5, 0.6) is 0 Å². The summed E-state index contributed by atoms with van der Waals surface area (Å²) in [5.74, 6) is 0.807. The molecule has 1 atom stereocenters. The fraction of sp³-hybridized carbons (Fsp3) is 0.600. The lowest BCUT2D eigenvalue weighted by Crippen LogP contribution is -2.47. The van der Waals surface area contributed by atoms with Gasteiger partial charge in [-0.1, -0.05) is 26.0 Å². The monoisotopic (exact) mass is 488 g/mol. The molecule has 27 heavy (non-hydrogen) atoms. The minimum absolute atomic E-state index is 0. The largest absolute Gasteiger partial charge is 0.356 e. The number of aliphatic imine (C=N–C) groups is 1. The van der Waals surface area contributed by atoms with E-state index in [-0.39, 0.29) is 53.1 Å². The van der Waals surface area contributed by atoms with E-state index in [4.69, 9.17) is 0 Å². The molecule has 1 aromatic rings. The van der Waals surface area contributed by atoms with E-state index in [2.05, 4.69) is 15.6 Å². The van der Waals surface area contributed by atoms with Crippen molar-refractivity contribution in [2.45, 2.75) is 44.6 Å². The van der Waals surface area contributed by atoms with Crippen LogP contribution < -0.4 is 10.6 Å². The highest BCUT2D eigenvalue weighted by Crippen LogP contribution is 2.47. The van der Waals surface area contributed by atoms with Gasteiger partial charge >= 0.3 is 0 Å². The van der Waals surface area contributed by atoms with Gasteiger partial charge < -0.3 is 15.5 Å². The van der Waals surface area contributed by atoms with Crippen molar-refractivity contribution < 1.29 is 9.18 Å². The third-order valence-electron chi connectivity index (χ3n) is 5.44. The smallest absolute Gasteiger partial charge is 0.225 e. The van der Waals surface area contributed by atoms with Gasteiger partial charge in [-0.15, -0.1) is 24.0 Å². The second kappa shape index (κ2) is 9.21. The highest BCUT2D eigenvalue weighted by molar-refractivity contribution is 14.0. The van der Waals surface area contributed by atoms with Crippen LogP contribution in [-0.4, -0.2) is 49.5 Å². The Bertz CT molecular complexity index is 690. The molecule has 2 fully saturated rings. The number of rotatable bonds is 5. The van der Waals surface area contributed by atoms with E-state index in [1.165, 1.54) is 6.07 Å². The van der Waals surface area contributed by atoms with Gasteiger partial charge in [-0.25, -0.2) is 4.39 Å². The molecule has 5 nitrogen and oxygen atoms in total. The van der Waals surface area contributed by atoms with E-state index in [1.807, 2.05) is 24.8 Å². The summed E-state index contributed by atoms with van der Waals surface area (Å²) in [6, 6.07) is 7.11. The average Bonchev–Trinajstić information content (AvgIpc) is 3.28. The number of hydrogen-bond acceptors (Lipinski definition) is 2. The highest BCUT2D eigenvalue weighted by atomic mass is 127. The Morgan fingerprint density at radius 2 is 2.15 bits per heavy atom. The first-order valence-corrected chi connectivity index (χ1v) is 9.45. The number of hydrogen-bond donors (Lipinski definition) is 2. The molecule has 0 bridgehead atoms. The summed E-state index contributed by atoms with van der Waals surface area (Å²) in [6.45, 7) is 6.11. The first kappa shape index (κ1) is 21.9. The number of carbonyl (C=O) groups is 1. The molecule has 2 aliphatic rings. The van der Waals surface area contributed by atoms with E-state index in [1.54, 1.807) is 19.2 Å². The molecule has 1 heterocycles. The van der Waals surface area contributed by atoms with Crippen LogP contribution in [0.15, 0.2) is 29.3 Å². The molecule has 1 aliphatic carbocycles. The van der Waals surface area contributed by atoms with Gasteiger partial charge in [-0.3, -0.25) is 9.79 Å². The van der Waals surface area contributed by atoms with Crippen LogP contribution in [0.3, 0.4) is 0 Å². The topological polar surface area (TPSA) is 56.7 Å². The molecule has 1 aromatic carbocycles. The summed E-state index contributed by atoms with van der Waals surface area (Å²) >= 11 is 0. The number of amides is 1. The van der Waals surface area contributed by atoms with Gasteiger partial charge in [0, 0.05) is 44.1 Å². The second-order valence-electron chi connectivity index (χ2n) is 7.79. The minimum atomic E-state index is -0.183. The highest BCUT2D eigenvalue weighted by Gasteiger charge is 2.44. The molecule has 1 aliphatic heterocycles. The van der Waals surface area contributed by atoms with Gasteiger partial charge in [0.15, 0.2) is 5.96 Å². The number of carbonyl (C=O) groups excluding carboxylic acids is 1. The molecule has 150 valence electrons. The lowest BCUT2D eigenvalue weighted by Gasteiger charge is -2.22. The Labute approximate surface area is 178 Å². The Morgan fingerprint density at radius 1 is 1.41 bits per heavy atom. The van der Waals surface area contributed by atoms with Crippen molar-refractivity contribution in [3.8, 4) is 0 Å². The molecule has 1 unspecified atom stereocenters. The third-order valence-corrected chi connectivity index (χ3v) is 5.44. The summed E-state index contributed by atoms with van der Waals surface area (Å²) in [5, 5.41) is 6.82. The van der Waals surface area contributed by atoms with Crippen LogP contribution in [0.4, 0.5) is 4.39 Å². The number of halogens is 2. The number of nitrogens with zero attached hydrogens (tertiary/aromatic N) is 2. The fourth-order valence-corrected chi connectivity index (χ4v) is 3.62. The zero-order valence-electron chi connectivity index (χ0n) is 16.3. The lowest BCUT2D eigenvalue weighted by atomic mass is 9.96. The van der Waals surface area contributed by atoms with Crippen molar-refractivity contribution in [2.24, 2.45) is 10.9 Å². The predicted molar refractivity (Wildman–Crippen MR) is 117 cm³/mol. The van der Waals surface area contributed by atoms with Crippen LogP contribution in [0.2, 0.25) is 0 Å². The number of likely N-dealkylation sites (tertiary alicyclic amines) is 1. The Kier molecular flexibility index (Phi) is 7.47. The van der Waals surface area contributed by atoms with Crippen molar-refractivity contribution in [1.82, 2.24) is 15.5 Å². The molecule has 7 heteroatoms. The Balaban J connectivity index is 0.00000261. The van der Waals surface area contributed by atoms with Gasteiger partial charge in [-0.2, -0.15) is 0 Å². The zero-order valence-corrected chi connectivity index (χ0v) is 18.6. The van der Waals surface area contributed by atoms with Gasteiger partial charge in [0.25, 0.3) is 0 Å². The molecule has 0 radical (unpaired) electrons. The van der Waals surface area contributed by atoms with Crippen molar-refractivity contribution in [1.29, 1.82) is 0 Å². The summed E-state index contributed by atoms with van der Waals surface area (Å²) in [6.07, 6.45) is 3.04. The van der Waals surface area contributed by atoms with Gasteiger partial charge in [0.2, 0.25) is 5.91 Å². The predicted octanol–water partition coefficient (Wildman–Crippen LogP) is 2.90. The SMILES string of the molecule is CN=C(NCC1(c2cccc(F)c2)CC1)NC1CCN(C(=O)C(C)C)C1.I. The number of benzene rings is 1. The first-order chi connectivity index (χ1) is 12.4. The Morgan fingerprint density at radius 3 is 2.74 bits per heavy atom. The Hall–Kier alpha value is -1.38. The molecular formula is C20H30FIN4O. The van der Waals surface area contributed by atoms with Gasteiger partial charge in [-0.05, 0) is 37.0 Å². The van der Waals surface area contributed by atoms with E-state index < -0.39 is 0 Å². The molecule has 0 aromatic heterocycles. The van der Waals surface area contributed by atoms with Crippen molar-refractivity contribution in [3.05, 3.63) is 35.6 Å². The standard InChI is InChI=1S/C20H29FN4O.HI/c1-14(2)18(26)25-10-7-17(12-25)24-19(22-3)23-13-20(8-9-20)15-5-4-6-16(21)11-15;/h4-6,11,14,17H,7-10,12-13H2,1-3H3,(H2,22,23,24);1H. The normalized spacial score (nSPS) is 21.0. The summed E-state index contributed by atoms with van der Waals surface area (Å²) < 4.78 is 13.5. The van der Waals surface area contributed by atoms with Crippen LogP contribution >= 0.6 is 24.0 Å². The minimum Gasteiger partial charge on any atom is -0.356 e. The molecular weight excluding hydrogens is 458 g/mol. The quantitative estimate of drug-likeness (QED) is 0.381. The number of nitrogens with one attached hydrogen (secondary N) is 2. The average molecular weight is 488 g/mol. The van der Waals surface area contributed by atoms with Crippen molar-refractivity contribution in [3.63, 3.8) is 0 Å². The second-order valence-corrected chi connectivity index (χ2v) is 7.79. The molecule has 1 amide bonds. The van der Waals surface area contributed by atoms with Gasteiger partial charge in [0.1, 0.15) is 5.82 Å². The molecule has 0 spiro atoms. The van der Waals surface area contributed by atoms with Crippen molar-refractivity contribution in [2.75, 3.05) is 26.7 Å². The third kappa shape index (κ3) is 5.33. The van der Waals surface area contributed by atoms with E-state index in [0.29, 0.717) is 6.54 Å². The van der Waals surface area contributed by atoms with Crippen molar-refractivity contribution >= 4 is 35.8 Å². The number of guanidine groups is 1. The van der Waals surface area contributed by atoms with Crippen LogP contribution in [0, 0.1) is 11.7 Å².